The molecule has 1 atom stereocenters. The van der Waals surface area contributed by atoms with Crippen LogP contribution in [0.25, 0.3) is 0 Å². The van der Waals surface area contributed by atoms with Crippen LogP contribution in [0, 0.1) is 5.41 Å². The zero-order valence-electron chi connectivity index (χ0n) is 10.2. The fourth-order valence-corrected chi connectivity index (χ4v) is 2.17. The molecule has 1 saturated carbocycles. The van der Waals surface area contributed by atoms with Crippen molar-refractivity contribution in [3.05, 3.63) is 33.8 Å². The minimum Gasteiger partial charge on any atom is -0.480 e. The smallest absolute Gasteiger partial charge is 0.319 e. The number of amides is 1. The molecule has 6 heteroatoms. The fourth-order valence-electron chi connectivity index (χ4n) is 1.86. The summed E-state index contributed by atoms with van der Waals surface area (Å²) in [4.78, 5) is 23.0. The predicted octanol–water partition coefficient (Wildman–Crippen LogP) is 3.04. The minimum atomic E-state index is -1.23. The van der Waals surface area contributed by atoms with Gasteiger partial charge in [-0.3, -0.25) is 9.59 Å². The van der Waals surface area contributed by atoms with Crippen molar-refractivity contribution in [1.29, 1.82) is 0 Å². The second-order valence-electron chi connectivity index (χ2n) is 4.76. The van der Waals surface area contributed by atoms with Crippen molar-refractivity contribution in [3.8, 4) is 0 Å². The van der Waals surface area contributed by atoms with Gasteiger partial charge in [-0.15, -0.1) is 0 Å². The molecule has 2 rings (SSSR count). The zero-order valence-corrected chi connectivity index (χ0v) is 11.8. The van der Waals surface area contributed by atoms with Crippen LogP contribution in [0.1, 0.15) is 31.4 Å². The molecule has 0 aromatic heterocycles. The average Bonchev–Trinajstić information content (AvgIpc) is 3.13. The molecule has 1 amide bonds. The summed E-state index contributed by atoms with van der Waals surface area (Å²) in [6.45, 7) is 1.77. The first-order chi connectivity index (χ1) is 8.86. The molecule has 0 heterocycles. The van der Waals surface area contributed by atoms with Gasteiger partial charge in [-0.1, -0.05) is 29.3 Å². The normalized spacial score (nSPS) is 17.6. The van der Waals surface area contributed by atoms with E-state index in [2.05, 4.69) is 5.32 Å². The number of hydrogen-bond donors (Lipinski definition) is 2. The van der Waals surface area contributed by atoms with Crippen molar-refractivity contribution < 1.29 is 14.7 Å². The highest BCUT2D eigenvalue weighted by molar-refractivity contribution is 6.42. The largest absolute Gasteiger partial charge is 0.480 e. The number of nitrogens with one attached hydrogen (secondary N) is 1. The molecular weight excluding hydrogens is 289 g/mol. The molecule has 1 aliphatic rings. The van der Waals surface area contributed by atoms with E-state index < -0.39 is 17.3 Å². The molecule has 1 aromatic rings. The van der Waals surface area contributed by atoms with Crippen molar-refractivity contribution >= 4 is 35.1 Å². The number of carboxylic acids is 1. The Kier molecular flexibility index (Phi) is 3.74. The van der Waals surface area contributed by atoms with Gasteiger partial charge < -0.3 is 10.4 Å². The van der Waals surface area contributed by atoms with Crippen LogP contribution in [-0.4, -0.2) is 17.0 Å². The molecule has 2 N–H and O–H groups in total. The van der Waals surface area contributed by atoms with E-state index in [0.29, 0.717) is 22.9 Å². The Morgan fingerprint density at radius 1 is 1.32 bits per heavy atom. The highest BCUT2D eigenvalue weighted by Gasteiger charge is 2.57. The van der Waals surface area contributed by atoms with E-state index in [1.165, 1.54) is 0 Å². The first kappa shape index (κ1) is 14.2. The maximum absolute atomic E-state index is 12.0. The van der Waals surface area contributed by atoms with Gasteiger partial charge in [0.25, 0.3) is 0 Å². The summed E-state index contributed by atoms with van der Waals surface area (Å²) >= 11 is 11.7. The first-order valence-corrected chi connectivity index (χ1v) is 6.62. The predicted molar refractivity (Wildman–Crippen MR) is 72.3 cm³/mol. The lowest BCUT2D eigenvalue weighted by molar-refractivity contribution is -0.149. The third-order valence-corrected chi connectivity index (χ3v) is 4.12. The lowest BCUT2D eigenvalue weighted by atomic mass is 10.0. The van der Waals surface area contributed by atoms with Gasteiger partial charge in [-0.2, -0.15) is 0 Å². The molecule has 1 aliphatic carbocycles. The Balaban J connectivity index is 2.09. The van der Waals surface area contributed by atoms with Gasteiger partial charge in [-0.25, -0.2) is 0 Å². The summed E-state index contributed by atoms with van der Waals surface area (Å²) in [5.41, 5.74) is -0.450. The molecule has 102 valence electrons. The SMILES string of the molecule is CC(NC(=O)C1(C(=O)O)CC1)c1ccc(Cl)c(Cl)c1. The molecule has 1 fully saturated rings. The summed E-state index contributed by atoms with van der Waals surface area (Å²) in [5.74, 6) is -1.51. The highest BCUT2D eigenvalue weighted by Crippen LogP contribution is 2.46. The molecule has 1 aromatic carbocycles. The van der Waals surface area contributed by atoms with E-state index in [4.69, 9.17) is 28.3 Å². The Labute approximate surface area is 120 Å². The summed E-state index contributed by atoms with van der Waals surface area (Å²) < 4.78 is 0. The Bertz CT molecular complexity index is 541. The molecule has 19 heavy (non-hydrogen) atoms. The molecule has 1 unspecified atom stereocenters. The van der Waals surface area contributed by atoms with E-state index in [9.17, 15) is 9.59 Å². The quantitative estimate of drug-likeness (QED) is 0.840. The minimum absolute atomic E-state index is 0.320. The van der Waals surface area contributed by atoms with E-state index in [0.717, 1.165) is 5.56 Å². The number of benzene rings is 1. The second kappa shape index (κ2) is 5.02. The van der Waals surface area contributed by atoms with Crippen molar-refractivity contribution in [1.82, 2.24) is 5.32 Å². The number of rotatable bonds is 4. The molecule has 0 saturated heterocycles. The lowest BCUT2D eigenvalue weighted by Gasteiger charge is -2.18. The van der Waals surface area contributed by atoms with Gasteiger partial charge in [0.2, 0.25) is 5.91 Å². The van der Waals surface area contributed by atoms with Gasteiger partial charge in [0.05, 0.1) is 16.1 Å². The van der Waals surface area contributed by atoms with Crippen LogP contribution < -0.4 is 5.32 Å². The zero-order chi connectivity index (χ0) is 14.2. The number of halogens is 2. The number of hydrogen-bond acceptors (Lipinski definition) is 2. The van der Waals surface area contributed by atoms with E-state index >= 15 is 0 Å². The van der Waals surface area contributed by atoms with Crippen molar-refractivity contribution in [2.75, 3.05) is 0 Å². The summed E-state index contributed by atoms with van der Waals surface area (Å²) in [6, 6.07) is 4.74. The third-order valence-electron chi connectivity index (χ3n) is 3.39. The Morgan fingerprint density at radius 2 is 1.95 bits per heavy atom. The first-order valence-electron chi connectivity index (χ1n) is 5.86. The molecule has 0 aliphatic heterocycles. The van der Waals surface area contributed by atoms with Crippen LogP contribution >= 0.6 is 23.2 Å². The van der Waals surface area contributed by atoms with Crippen LogP contribution in [0.2, 0.25) is 10.0 Å². The number of carboxylic acid groups (broad SMARTS) is 1. The number of carbonyl (C=O) groups excluding carboxylic acids is 1. The average molecular weight is 302 g/mol. The van der Waals surface area contributed by atoms with Crippen LogP contribution in [0.3, 0.4) is 0 Å². The van der Waals surface area contributed by atoms with Crippen molar-refractivity contribution in [3.63, 3.8) is 0 Å². The maximum atomic E-state index is 12.0. The molecule has 0 bridgehead atoms. The summed E-state index contributed by atoms with van der Waals surface area (Å²) in [5, 5.41) is 12.6. The van der Waals surface area contributed by atoms with Gasteiger partial charge >= 0.3 is 5.97 Å². The Hall–Kier alpha value is -1.26. The number of carbonyl (C=O) groups is 2. The molecule has 0 radical (unpaired) electrons. The summed E-state index contributed by atoms with van der Waals surface area (Å²) in [6.07, 6.45) is 0.782. The van der Waals surface area contributed by atoms with Crippen molar-refractivity contribution in [2.45, 2.75) is 25.8 Å². The van der Waals surface area contributed by atoms with Crippen LogP contribution in [0.4, 0.5) is 0 Å². The van der Waals surface area contributed by atoms with Crippen LogP contribution in [0.15, 0.2) is 18.2 Å². The fraction of sp³-hybridized carbons (Fsp3) is 0.385. The van der Waals surface area contributed by atoms with Crippen LogP contribution in [0.5, 0.6) is 0 Å². The Morgan fingerprint density at radius 3 is 2.42 bits per heavy atom. The number of aliphatic carboxylic acids is 1. The van der Waals surface area contributed by atoms with Crippen molar-refractivity contribution in [2.24, 2.45) is 5.41 Å². The van der Waals surface area contributed by atoms with Gasteiger partial charge in [0, 0.05) is 0 Å². The van der Waals surface area contributed by atoms with Gasteiger partial charge in [0.1, 0.15) is 5.41 Å². The lowest BCUT2D eigenvalue weighted by Crippen LogP contribution is -2.38. The van der Waals surface area contributed by atoms with Gasteiger partial charge in [0.15, 0.2) is 0 Å². The maximum Gasteiger partial charge on any atom is 0.319 e. The standard InChI is InChI=1S/C13H13Cl2NO3/c1-7(8-2-3-9(14)10(15)6-8)16-11(17)13(4-5-13)12(18)19/h2-3,6-7H,4-5H2,1H3,(H,16,17)(H,18,19). The molecular formula is C13H13Cl2NO3. The third kappa shape index (κ3) is 2.69. The summed E-state index contributed by atoms with van der Waals surface area (Å²) in [7, 11) is 0. The van der Waals surface area contributed by atoms with E-state index in [1.807, 2.05) is 0 Å². The topological polar surface area (TPSA) is 66.4 Å². The molecule has 0 spiro atoms. The van der Waals surface area contributed by atoms with E-state index in [-0.39, 0.29) is 6.04 Å². The highest BCUT2D eigenvalue weighted by atomic mass is 35.5. The van der Waals surface area contributed by atoms with Crippen LogP contribution in [-0.2, 0) is 9.59 Å². The van der Waals surface area contributed by atoms with Gasteiger partial charge in [-0.05, 0) is 37.5 Å². The second-order valence-corrected chi connectivity index (χ2v) is 5.57. The van der Waals surface area contributed by atoms with E-state index in [1.54, 1.807) is 25.1 Å². The molecule has 4 nitrogen and oxygen atoms in total. The monoisotopic (exact) mass is 301 g/mol.